The minimum absolute atomic E-state index is 0.167. The highest BCUT2D eigenvalue weighted by Crippen LogP contribution is 2.32. The third-order valence-electron chi connectivity index (χ3n) is 2.52. The predicted molar refractivity (Wildman–Crippen MR) is 73.2 cm³/mol. The van der Waals surface area contributed by atoms with Crippen molar-refractivity contribution in [2.75, 3.05) is 6.61 Å². The zero-order chi connectivity index (χ0) is 12.2. The third-order valence-corrected chi connectivity index (χ3v) is 3.17. The maximum absolute atomic E-state index is 5.66. The second-order valence-electron chi connectivity index (χ2n) is 5.09. The van der Waals surface area contributed by atoms with Crippen molar-refractivity contribution in [3.05, 3.63) is 28.2 Å². The van der Waals surface area contributed by atoms with E-state index in [0.717, 1.165) is 23.2 Å². The van der Waals surface area contributed by atoms with Crippen molar-refractivity contribution >= 4 is 15.9 Å². The van der Waals surface area contributed by atoms with Gasteiger partial charge in [0.15, 0.2) is 0 Å². The SMILES string of the molecule is CCCCOc1ccc(C(C)(C)C)c(Br)c1. The summed E-state index contributed by atoms with van der Waals surface area (Å²) in [4.78, 5) is 0. The molecule has 90 valence electrons. The molecule has 0 spiro atoms. The quantitative estimate of drug-likeness (QED) is 0.713. The van der Waals surface area contributed by atoms with Crippen LogP contribution in [0.15, 0.2) is 22.7 Å². The van der Waals surface area contributed by atoms with E-state index in [0.29, 0.717) is 0 Å². The maximum Gasteiger partial charge on any atom is 0.120 e. The maximum atomic E-state index is 5.66. The van der Waals surface area contributed by atoms with Crippen LogP contribution in [0.5, 0.6) is 5.75 Å². The van der Waals surface area contributed by atoms with Gasteiger partial charge in [0.2, 0.25) is 0 Å². The molecular formula is C14H21BrO. The Hall–Kier alpha value is -0.500. The molecular weight excluding hydrogens is 264 g/mol. The lowest BCUT2D eigenvalue weighted by Crippen LogP contribution is -2.11. The molecule has 1 aromatic rings. The summed E-state index contributed by atoms with van der Waals surface area (Å²) in [6.07, 6.45) is 2.28. The highest BCUT2D eigenvalue weighted by atomic mass is 79.9. The minimum Gasteiger partial charge on any atom is -0.494 e. The van der Waals surface area contributed by atoms with Crippen LogP contribution in [0.3, 0.4) is 0 Å². The van der Waals surface area contributed by atoms with Crippen LogP contribution < -0.4 is 4.74 Å². The fraction of sp³-hybridized carbons (Fsp3) is 0.571. The van der Waals surface area contributed by atoms with Gasteiger partial charge in [0, 0.05) is 4.47 Å². The number of unbranched alkanes of at least 4 members (excludes halogenated alkanes) is 1. The summed E-state index contributed by atoms with van der Waals surface area (Å²) in [7, 11) is 0. The molecule has 0 fully saturated rings. The summed E-state index contributed by atoms with van der Waals surface area (Å²) < 4.78 is 6.80. The van der Waals surface area contributed by atoms with E-state index in [2.05, 4.69) is 61.8 Å². The lowest BCUT2D eigenvalue weighted by atomic mass is 9.87. The molecule has 0 aliphatic rings. The zero-order valence-corrected chi connectivity index (χ0v) is 12.2. The Bertz CT molecular complexity index is 339. The van der Waals surface area contributed by atoms with Crippen molar-refractivity contribution in [1.82, 2.24) is 0 Å². The minimum atomic E-state index is 0.167. The summed E-state index contributed by atoms with van der Waals surface area (Å²) >= 11 is 3.61. The summed E-state index contributed by atoms with van der Waals surface area (Å²) in [6.45, 7) is 9.61. The highest BCUT2D eigenvalue weighted by molar-refractivity contribution is 9.10. The monoisotopic (exact) mass is 284 g/mol. The van der Waals surface area contributed by atoms with Gasteiger partial charge in [-0.3, -0.25) is 0 Å². The molecule has 0 amide bonds. The first-order valence-corrected chi connectivity index (χ1v) is 6.67. The van der Waals surface area contributed by atoms with Crippen molar-refractivity contribution in [3.63, 3.8) is 0 Å². The number of hydrogen-bond acceptors (Lipinski definition) is 1. The van der Waals surface area contributed by atoms with Crippen LogP contribution >= 0.6 is 15.9 Å². The van der Waals surface area contributed by atoms with E-state index in [1.165, 1.54) is 12.0 Å². The molecule has 0 radical (unpaired) electrons. The smallest absolute Gasteiger partial charge is 0.120 e. The zero-order valence-electron chi connectivity index (χ0n) is 10.6. The molecule has 0 saturated heterocycles. The predicted octanol–water partition coefficient (Wildman–Crippen LogP) is 4.93. The Morgan fingerprint density at radius 2 is 1.94 bits per heavy atom. The molecule has 0 bridgehead atoms. The summed E-state index contributed by atoms with van der Waals surface area (Å²) in [6, 6.07) is 6.27. The lowest BCUT2D eigenvalue weighted by Gasteiger charge is -2.21. The van der Waals surface area contributed by atoms with Gasteiger partial charge in [-0.25, -0.2) is 0 Å². The second-order valence-corrected chi connectivity index (χ2v) is 5.95. The van der Waals surface area contributed by atoms with Crippen molar-refractivity contribution in [3.8, 4) is 5.75 Å². The van der Waals surface area contributed by atoms with E-state index in [9.17, 15) is 0 Å². The molecule has 0 aliphatic heterocycles. The fourth-order valence-electron chi connectivity index (χ4n) is 1.53. The number of ether oxygens (including phenoxy) is 1. The third kappa shape index (κ3) is 3.82. The Kier molecular flexibility index (Phi) is 4.85. The standard InChI is InChI=1S/C14H21BrO/c1-5-6-9-16-11-7-8-12(13(15)10-11)14(2,3)4/h7-8,10H,5-6,9H2,1-4H3. The van der Waals surface area contributed by atoms with Gasteiger partial charge in [-0.15, -0.1) is 0 Å². The summed E-state index contributed by atoms with van der Waals surface area (Å²) in [5.41, 5.74) is 1.48. The van der Waals surface area contributed by atoms with Crippen molar-refractivity contribution in [2.24, 2.45) is 0 Å². The van der Waals surface area contributed by atoms with Crippen LogP contribution in [0.25, 0.3) is 0 Å². The molecule has 0 saturated carbocycles. The first-order valence-electron chi connectivity index (χ1n) is 5.88. The van der Waals surface area contributed by atoms with E-state index in [4.69, 9.17) is 4.74 Å². The van der Waals surface area contributed by atoms with Crippen molar-refractivity contribution in [1.29, 1.82) is 0 Å². The van der Waals surface area contributed by atoms with Crippen LogP contribution in [-0.2, 0) is 5.41 Å². The Labute approximate surface area is 107 Å². The van der Waals surface area contributed by atoms with Crippen LogP contribution in [-0.4, -0.2) is 6.61 Å². The number of benzene rings is 1. The molecule has 1 rings (SSSR count). The van der Waals surface area contributed by atoms with E-state index < -0.39 is 0 Å². The van der Waals surface area contributed by atoms with Gasteiger partial charge in [-0.1, -0.05) is 56.1 Å². The normalized spacial score (nSPS) is 11.6. The van der Waals surface area contributed by atoms with Gasteiger partial charge < -0.3 is 4.74 Å². The second kappa shape index (κ2) is 5.72. The fourth-order valence-corrected chi connectivity index (χ4v) is 2.48. The Morgan fingerprint density at radius 1 is 1.25 bits per heavy atom. The average molecular weight is 285 g/mol. The number of rotatable bonds is 4. The average Bonchev–Trinajstić information content (AvgIpc) is 2.16. The van der Waals surface area contributed by atoms with E-state index in [1.807, 2.05) is 0 Å². The first-order chi connectivity index (χ1) is 7.45. The van der Waals surface area contributed by atoms with E-state index in [-0.39, 0.29) is 5.41 Å². The molecule has 0 aliphatic carbocycles. The topological polar surface area (TPSA) is 9.23 Å². The number of halogens is 1. The van der Waals surface area contributed by atoms with Crippen molar-refractivity contribution < 1.29 is 4.74 Å². The van der Waals surface area contributed by atoms with E-state index in [1.54, 1.807) is 0 Å². The van der Waals surface area contributed by atoms with Crippen molar-refractivity contribution in [2.45, 2.75) is 46.0 Å². The van der Waals surface area contributed by atoms with Crippen LogP contribution in [0.4, 0.5) is 0 Å². The first kappa shape index (κ1) is 13.6. The molecule has 0 heterocycles. The summed E-state index contributed by atoms with van der Waals surface area (Å²) in [5.74, 6) is 0.952. The molecule has 1 nitrogen and oxygen atoms in total. The largest absolute Gasteiger partial charge is 0.494 e. The highest BCUT2D eigenvalue weighted by Gasteiger charge is 2.17. The Morgan fingerprint density at radius 3 is 2.44 bits per heavy atom. The van der Waals surface area contributed by atoms with Gasteiger partial charge in [-0.05, 0) is 29.5 Å². The van der Waals surface area contributed by atoms with Gasteiger partial charge >= 0.3 is 0 Å². The van der Waals surface area contributed by atoms with Gasteiger partial charge in [0.25, 0.3) is 0 Å². The molecule has 1 aromatic carbocycles. The van der Waals surface area contributed by atoms with Gasteiger partial charge in [-0.2, -0.15) is 0 Å². The molecule has 0 N–H and O–H groups in total. The molecule has 0 aromatic heterocycles. The van der Waals surface area contributed by atoms with Crippen LogP contribution in [0.1, 0.15) is 46.1 Å². The molecule has 16 heavy (non-hydrogen) atoms. The molecule has 0 unspecified atom stereocenters. The van der Waals surface area contributed by atoms with E-state index >= 15 is 0 Å². The van der Waals surface area contributed by atoms with Crippen LogP contribution in [0.2, 0.25) is 0 Å². The van der Waals surface area contributed by atoms with Crippen LogP contribution in [0, 0.1) is 0 Å². The van der Waals surface area contributed by atoms with Gasteiger partial charge in [0.1, 0.15) is 5.75 Å². The molecule has 2 heteroatoms. The summed E-state index contributed by atoms with van der Waals surface area (Å²) in [5, 5.41) is 0. The lowest BCUT2D eigenvalue weighted by molar-refractivity contribution is 0.309. The molecule has 0 atom stereocenters. The Balaban J connectivity index is 2.75. The van der Waals surface area contributed by atoms with Gasteiger partial charge in [0.05, 0.1) is 6.61 Å². The number of hydrogen-bond donors (Lipinski definition) is 0.